The van der Waals surface area contributed by atoms with Crippen LogP contribution in [0, 0.1) is 11.8 Å². The Morgan fingerprint density at radius 2 is 1.93 bits per heavy atom. The lowest BCUT2D eigenvalue weighted by molar-refractivity contribution is -0.140. The minimum atomic E-state index is -0.719. The number of carbonyl (C=O) groups is 2. The third-order valence-corrected chi connectivity index (χ3v) is 5.03. The predicted octanol–water partition coefficient (Wildman–Crippen LogP) is 3.95. The van der Waals surface area contributed by atoms with Crippen LogP contribution in [0.2, 0.25) is 0 Å². The van der Waals surface area contributed by atoms with Crippen molar-refractivity contribution in [3.63, 3.8) is 0 Å². The van der Waals surface area contributed by atoms with Gasteiger partial charge in [0.1, 0.15) is 11.7 Å². The molecule has 1 aliphatic carbocycles. The predicted molar refractivity (Wildman–Crippen MR) is 103 cm³/mol. The molecule has 1 unspecified atom stereocenters. The Morgan fingerprint density at radius 1 is 1.22 bits per heavy atom. The Morgan fingerprint density at radius 3 is 2.59 bits per heavy atom. The second-order valence-corrected chi connectivity index (χ2v) is 7.36. The average molecular weight is 362 g/mol. The summed E-state index contributed by atoms with van der Waals surface area (Å²) in [5.74, 6) is 4.68. The molecule has 1 N–H and O–H groups in total. The lowest BCUT2D eigenvalue weighted by Crippen LogP contribution is -2.27. The number of esters is 1. The number of hydrogen-bond donors (Lipinski definition) is 1. The van der Waals surface area contributed by atoms with Crippen LogP contribution in [0.5, 0.6) is 5.75 Å². The highest BCUT2D eigenvalue weighted by molar-refractivity contribution is 6.01. The van der Waals surface area contributed by atoms with Crippen molar-refractivity contribution in [3.8, 4) is 17.6 Å². The molecule has 0 radical (unpaired) electrons. The van der Waals surface area contributed by atoms with Crippen molar-refractivity contribution >= 4 is 11.8 Å². The average Bonchev–Trinajstić information content (AvgIpc) is 2.65. The maximum atomic E-state index is 12.2. The van der Waals surface area contributed by atoms with Crippen LogP contribution in [-0.4, -0.2) is 24.0 Å². The molecule has 0 amide bonds. The molecule has 0 aromatic heterocycles. The molecular weight excluding hydrogens is 340 g/mol. The van der Waals surface area contributed by atoms with E-state index in [-0.39, 0.29) is 16.9 Å². The van der Waals surface area contributed by atoms with Crippen LogP contribution in [-0.2, 0) is 14.9 Å². The minimum absolute atomic E-state index is 0.0435. The maximum Gasteiger partial charge on any atom is 0.325 e. The number of phenols is 1. The van der Waals surface area contributed by atoms with Crippen LogP contribution in [0.15, 0.2) is 42.5 Å². The number of ether oxygens (including phenoxy) is 1. The van der Waals surface area contributed by atoms with Crippen molar-refractivity contribution in [2.75, 3.05) is 7.11 Å². The lowest BCUT2D eigenvalue weighted by atomic mass is 9.71. The molecule has 4 nitrogen and oxygen atoms in total. The normalized spacial score (nSPS) is 15.9. The Hall–Kier alpha value is -3.06. The molecule has 0 saturated carbocycles. The molecule has 1 aliphatic rings. The molecule has 138 valence electrons. The van der Waals surface area contributed by atoms with Gasteiger partial charge in [0.2, 0.25) is 0 Å². The number of Topliss-reactive ketones (excluding diaryl/α,β-unsaturated/α-hetero) is 1. The fourth-order valence-corrected chi connectivity index (χ4v) is 3.41. The number of ketones is 1. The van der Waals surface area contributed by atoms with E-state index in [1.54, 1.807) is 0 Å². The van der Waals surface area contributed by atoms with E-state index in [1.807, 2.05) is 36.4 Å². The highest BCUT2D eigenvalue weighted by atomic mass is 16.5. The molecule has 27 heavy (non-hydrogen) atoms. The van der Waals surface area contributed by atoms with Gasteiger partial charge in [0.25, 0.3) is 0 Å². The Kier molecular flexibility index (Phi) is 5.05. The van der Waals surface area contributed by atoms with Crippen LogP contribution in [0.3, 0.4) is 0 Å². The number of phenolic OH excluding ortho intramolecular Hbond substituents is 1. The first kappa shape index (κ1) is 18.7. The second-order valence-electron chi connectivity index (χ2n) is 7.36. The summed E-state index contributed by atoms with van der Waals surface area (Å²) in [5, 5.41) is 10.4. The SMILES string of the molecule is COC(=O)C(C#Cc1cc(O)c2c(c1)C(C)(C)CCC2=O)c1ccccc1. The summed E-state index contributed by atoms with van der Waals surface area (Å²) in [6, 6.07) is 12.5. The lowest BCUT2D eigenvalue weighted by Gasteiger charge is -2.32. The van der Waals surface area contributed by atoms with Crippen LogP contribution < -0.4 is 0 Å². The van der Waals surface area contributed by atoms with Gasteiger partial charge in [0.05, 0.1) is 12.7 Å². The maximum absolute atomic E-state index is 12.2. The van der Waals surface area contributed by atoms with E-state index in [4.69, 9.17) is 4.74 Å². The molecule has 0 aliphatic heterocycles. The number of carbonyl (C=O) groups excluding carboxylic acids is 2. The molecule has 2 aromatic carbocycles. The van der Waals surface area contributed by atoms with Gasteiger partial charge in [0.15, 0.2) is 5.78 Å². The fourth-order valence-electron chi connectivity index (χ4n) is 3.41. The van der Waals surface area contributed by atoms with Crippen molar-refractivity contribution in [2.24, 2.45) is 0 Å². The number of hydrogen-bond acceptors (Lipinski definition) is 4. The Bertz CT molecular complexity index is 946. The first-order valence-corrected chi connectivity index (χ1v) is 8.88. The van der Waals surface area contributed by atoms with E-state index in [2.05, 4.69) is 25.7 Å². The molecule has 0 spiro atoms. The topological polar surface area (TPSA) is 63.6 Å². The quantitative estimate of drug-likeness (QED) is 0.649. The van der Waals surface area contributed by atoms with Crippen LogP contribution in [0.1, 0.15) is 59.7 Å². The Labute approximate surface area is 159 Å². The van der Waals surface area contributed by atoms with Gasteiger partial charge in [0, 0.05) is 12.0 Å². The van der Waals surface area contributed by atoms with E-state index in [0.29, 0.717) is 17.5 Å². The zero-order chi connectivity index (χ0) is 19.6. The second kappa shape index (κ2) is 7.28. The van der Waals surface area contributed by atoms with Crippen molar-refractivity contribution in [1.29, 1.82) is 0 Å². The minimum Gasteiger partial charge on any atom is -0.507 e. The molecule has 0 heterocycles. The highest BCUT2D eigenvalue weighted by Gasteiger charge is 2.34. The molecule has 0 saturated heterocycles. The number of fused-ring (bicyclic) bond motifs is 1. The van der Waals surface area contributed by atoms with E-state index in [1.165, 1.54) is 13.2 Å². The van der Waals surface area contributed by atoms with Crippen LogP contribution >= 0.6 is 0 Å². The standard InChI is InChI=1S/C23H22O4/c1-23(2)12-11-19(24)21-18(23)13-15(14-20(21)25)9-10-17(22(26)27-3)16-7-5-4-6-8-16/h4-8,13-14,17,25H,11-12H2,1-3H3. The molecule has 3 rings (SSSR count). The van der Waals surface area contributed by atoms with E-state index in [0.717, 1.165) is 17.5 Å². The summed E-state index contributed by atoms with van der Waals surface area (Å²) in [5.41, 5.74) is 2.29. The molecule has 0 fully saturated rings. The number of aromatic hydroxyl groups is 1. The number of benzene rings is 2. The number of methoxy groups -OCH3 is 1. The van der Waals surface area contributed by atoms with Crippen LogP contribution in [0.4, 0.5) is 0 Å². The first-order chi connectivity index (χ1) is 12.8. The van der Waals surface area contributed by atoms with Gasteiger partial charge < -0.3 is 9.84 Å². The highest BCUT2D eigenvalue weighted by Crippen LogP contribution is 2.40. The largest absolute Gasteiger partial charge is 0.507 e. The van der Waals surface area contributed by atoms with E-state index in [9.17, 15) is 14.7 Å². The summed E-state index contributed by atoms with van der Waals surface area (Å²) in [6.45, 7) is 4.10. The van der Waals surface area contributed by atoms with Crippen molar-refractivity contribution in [1.82, 2.24) is 0 Å². The zero-order valence-electron chi connectivity index (χ0n) is 15.7. The monoisotopic (exact) mass is 362 g/mol. The zero-order valence-corrected chi connectivity index (χ0v) is 15.7. The van der Waals surface area contributed by atoms with Gasteiger partial charge in [-0.2, -0.15) is 0 Å². The molecule has 4 heteroatoms. The molecule has 2 aromatic rings. The summed E-state index contributed by atoms with van der Waals surface area (Å²) in [4.78, 5) is 24.4. The van der Waals surface area contributed by atoms with Crippen molar-refractivity contribution < 1.29 is 19.4 Å². The van der Waals surface area contributed by atoms with Crippen molar-refractivity contribution in [3.05, 3.63) is 64.7 Å². The molecule has 1 atom stereocenters. The Balaban J connectivity index is 2.05. The van der Waals surface area contributed by atoms with E-state index < -0.39 is 11.9 Å². The first-order valence-electron chi connectivity index (χ1n) is 8.88. The third kappa shape index (κ3) is 3.73. The van der Waals surface area contributed by atoms with Gasteiger partial charge >= 0.3 is 5.97 Å². The van der Waals surface area contributed by atoms with Gasteiger partial charge in [-0.15, -0.1) is 0 Å². The van der Waals surface area contributed by atoms with Crippen molar-refractivity contribution in [2.45, 2.75) is 38.0 Å². The number of rotatable bonds is 2. The summed E-state index contributed by atoms with van der Waals surface area (Å²) < 4.78 is 4.88. The van der Waals surface area contributed by atoms with E-state index >= 15 is 0 Å². The van der Waals surface area contributed by atoms with Crippen LogP contribution in [0.25, 0.3) is 0 Å². The van der Waals surface area contributed by atoms with Gasteiger partial charge in [-0.3, -0.25) is 9.59 Å². The third-order valence-electron chi connectivity index (χ3n) is 5.03. The molecule has 0 bridgehead atoms. The molecular formula is C23H22O4. The smallest absolute Gasteiger partial charge is 0.325 e. The van der Waals surface area contributed by atoms with Gasteiger partial charge in [-0.1, -0.05) is 56.0 Å². The van der Waals surface area contributed by atoms with Gasteiger partial charge in [-0.25, -0.2) is 0 Å². The summed E-state index contributed by atoms with van der Waals surface area (Å²) in [6.07, 6.45) is 1.15. The fraction of sp³-hybridized carbons (Fsp3) is 0.304. The summed E-state index contributed by atoms with van der Waals surface area (Å²) in [7, 11) is 1.33. The summed E-state index contributed by atoms with van der Waals surface area (Å²) >= 11 is 0. The van der Waals surface area contributed by atoms with Gasteiger partial charge in [-0.05, 0) is 35.1 Å².